The molecule has 1 unspecified atom stereocenters. The summed E-state index contributed by atoms with van der Waals surface area (Å²) in [6, 6.07) is 0. The summed E-state index contributed by atoms with van der Waals surface area (Å²) < 4.78 is 5.08. The minimum Gasteiger partial charge on any atom is -0.383 e. The fraction of sp³-hybridized carbons (Fsp3) is 0.750. The lowest BCUT2D eigenvalue weighted by Crippen LogP contribution is -2.41. The van der Waals surface area contributed by atoms with E-state index in [2.05, 4.69) is 20.2 Å². The third-order valence-electron chi connectivity index (χ3n) is 4.59. The highest BCUT2D eigenvalue weighted by atomic mass is 16.5. The normalized spacial score (nSPS) is 21.6. The molecule has 0 bridgehead atoms. The quantitative estimate of drug-likeness (QED) is 0.803. The van der Waals surface area contributed by atoms with Crippen molar-refractivity contribution in [2.75, 3.05) is 44.8 Å². The van der Waals surface area contributed by atoms with Crippen LogP contribution in [0.15, 0.2) is 6.33 Å². The molecule has 1 aliphatic carbocycles. The minimum atomic E-state index is 0.711. The van der Waals surface area contributed by atoms with Crippen molar-refractivity contribution in [3.05, 3.63) is 17.6 Å². The zero-order valence-corrected chi connectivity index (χ0v) is 13.0. The largest absolute Gasteiger partial charge is 0.383 e. The predicted octanol–water partition coefficient (Wildman–Crippen LogP) is 1.42. The molecule has 116 valence electrons. The summed E-state index contributed by atoms with van der Waals surface area (Å²) in [4.78, 5) is 11.5. The molecular formula is C16H26N4O. The van der Waals surface area contributed by atoms with Crippen LogP contribution >= 0.6 is 0 Å². The summed E-state index contributed by atoms with van der Waals surface area (Å²) in [6.45, 7) is 5.06. The molecule has 21 heavy (non-hydrogen) atoms. The number of anilines is 1. The molecule has 1 fully saturated rings. The van der Waals surface area contributed by atoms with Gasteiger partial charge in [0, 0.05) is 38.0 Å². The van der Waals surface area contributed by atoms with Crippen LogP contribution in [0.5, 0.6) is 0 Å². The number of nitrogens with one attached hydrogen (secondary N) is 1. The highest BCUT2D eigenvalue weighted by Crippen LogP contribution is 2.30. The average Bonchev–Trinajstić information content (AvgIpc) is 3.00. The first kappa shape index (κ1) is 14.7. The molecule has 0 saturated carbocycles. The molecule has 5 nitrogen and oxygen atoms in total. The summed E-state index contributed by atoms with van der Waals surface area (Å²) in [6.07, 6.45) is 7.83. The molecule has 5 heteroatoms. The number of fused-ring (bicyclic) bond motifs is 1. The van der Waals surface area contributed by atoms with E-state index in [1.165, 1.54) is 36.3 Å². The molecule has 0 aromatic carbocycles. The molecule has 1 aromatic rings. The molecule has 0 spiro atoms. The van der Waals surface area contributed by atoms with Crippen LogP contribution in [-0.4, -0.2) is 49.9 Å². The number of rotatable bonds is 6. The second-order valence-corrected chi connectivity index (χ2v) is 6.13. The average molecular weight is 290 g/mol. The standard InChI is InChI=1S/C16H26N4O/c1-21-9-7-17-10-13-4-3-8-20(11-13)16-14-5-2-6-15(14)18-12-19-16/h12-13,17H,2-11H2,1H3. The number of hydrogen-bond donors (Lipinski definition) is 1. The van der Waals surface area contributed by atoms with E-state index in [0.29, 0.717) is 5.92 Å². The van der Waals surface area contributed by atoms with Crippen LogP contribution in [0, 0.1) is 5.92 Å². The molecule has 1 saturated heterocycles. The molecule has 3 rings (SSSR count). The molecule has 2 heterocycles. The molecule has 1 aliphatic heterocycles. The maximum absolute atomic E-state index is 5.08. The van der Waals surface area contributed by atoms with E-state index in [1.807, 2.05) is 0 Å². The van der Waals surface area contributed by atoms with E-state index >= 15 is 0 Å². The fourth-order valence-corrected chi connectivity index (χ4v) is 3.52. The van der Waals surface area contributed by atoms with Crippen molar-refractivity contribution < 1.29 is 4.74 Å². The highest BCUT2D eigenvalue weighted by molar-refractivity contribution is 5.50. The lowest BCUT2D eigenvalue weighted by Gasteiger charge is -2.34. The molecule has 0 amide bonds. The number of aryl methyl sites for hydroxylation is 1. The Labute approximate surface area is 127 Å². The topological polar surface area (TPSA) is 50.3 Å². The Morgan fingerprint density at radius 2 is 2.29 bits per heavy atom. The first-order valence-corrected chi connectivity index (χ1v) is 8.16. The summed E-state index contributed by atoms with van der Waals surface area (Å²) in [5.74, 6) is 1.92. The van der Waals surface area contributed by atoms with Crippen LogP contribution in [0.1, 0.15) is 30.5 Å². The first-order valence-electron chi connectivity index (χ1n) is 8.16. The van der Waals surface area contributed by atoms with Gasteiger partial charge in [0.15, 0.2) is 0 Å². The number of methoxy groups -OCH3 is 1. The lowest BCUT2D eigenvalue weighted by molar-refractivity contribution is 0.197. The summed E-state index contributed by atoms with van der Waals surface area (Å²) in [7, 11) is 1.75. The molecular weight excluding hydrogens is 264 g/mol. The predicted molar refractivity (Wildman–Crippen MR) is 83.7 cm³/mol. The molecule has 1 N–H and O–H groups in total. The monoisotopic (exact) mass is 290 g/mol. The Morgan fingerprint density at radius 3 is 3.19 bits per heavy atom. The summed E-state index contributed by atoms with van der Waals surface area (Å²) >= 11 is 0. The third-order valence-corrected chi connectivity index (χ3v) is 4.59. The Balaban J connectivity index is 1.60. The number of nitrogens with zero attached hydrogens (tertiary/aromatic N) is 3. The van der Waals surface area contributed by atoms with Gasteiger partial charge in [-0.05, 0) is 44.6 Å². The Morgan fingerprint density at radius 1 is 1.33 bits per heavy atom. The van der Waals surface area contributed by atoms with Gasteiger partial charge in [0.1, 0.15) is 12.1 Å². The fourth-order valence-electron chi connectivity index (χ4n) is 3.52. The van der Waals surface area contributed by atoms with Gasteiger partial charge in [0.2, 0.25) is 0 Å². The van der Waals surface area contributed by atoms with Gasteiger partial charge >= 0.3 is 0 Å². The first-order chi connectivity index (χ1) is 10.4. The lowest BCUT2D eigenvalue weighted by atomic mass is 9.97. The molecule has 1 atom stereocenters. The van der Waals surface area contributed by atoms with Gasteiger partial charge in [-0.25, -0.2) is 9.97 Å². The van der Waals surface area contributed by atoms with Crippen LogP contribution in [-0.2, 0) is 17.6 Å². The van der Waals surface area contributed by atoms with E-state index in [9.17, 15) is 0 Å². The number of piperidine rings is 1. The highest BCUT2D eigenvalue weighted by Gasteiger charge is 2.25. The van der Waals surface area contributed by atoms with Gasteiger partial charge in [-0.2, -0.15) is 0 Å². The number of hydrogen-bond acceptors (Lipinski definition) is 5. The third kappa shape index (κ3) is 3.52. The SMILES string of the molecule is COCCNCC1CCCN(c2ncnc3c2CCC3)C1. The van der Waals surface area contributed by atoms with E-state index in [0.717, 1.165) is 45.6 Å². The summed E-state index contributed by atoms with van der Waals surface area (Å²) in [5.41, 5.74) is 2.69. The van der Waals surface area contributed by atoms with Crippen molar-refractivity contribution in [1.82, 2.24) is 15.3 Å². The van der Waals surface area contributed by atoms with E-state index < -0.39 is 0 Å². The minimum absolute atomic E-state index is 0.711. The van der Waals surface area contributed by atoms with Gasteiger partial charge in [0.05, 0.1) is 6.61 Å². The number of ether oxygens (including phenoxy) is 1. The van der Waals surface area contributed by atoms with Crippen molar-refractivity contribution in [1.29, 1.82) is 0 Å². The maximum Gasteiger partial charge on any atom is 0.135 e. The Bertz CT molecular complexity index is 466. The Kier molecular flexibility index (Phi) is 5.04. The smallest absolute Gasteiger partial charge is 0.135 e. The van der Waals surface area contributed by atoms with Crippen LogP contribution in [0.2, 0.25) is 0 Å². The van der Waals surface area contributed by atoms with E-state index in [1.54, 1.807) is 13.4 Å². The van der Waals surface area contributed by atoms with Crippen molar-refractivity contribution in [3.63, 3.8) is 0 Å². The van der Waals surface area contributed by atoms with Gasteiger partial charge < -0.3 is 15.0 Å². The van der Waals surface area contributed by atoms with Crippen LogP contribution in [0.4, 0.5) is 5.82 Å². The van der Waals surface area contributed by atoms with Crippen LogP contribution in [0.3, 0.4) is 0 Å². The maximum atomic E-state index is 5.08. The summed E-state index contributed by atoms with van der Waals surface area (Å²) in [5, 5.41) is 3.50. The van der Waals surface area contributed by atoms with E-state index in [-0.39, 0.29) is 0 Å². The molecule has 2 aliphatic rings. The van der Waals surface area contributed by atoms with Gasteiger partial charge in [-0.1, -0.05) is 0 Å². The van der Waals surface area contributed by atoms with Crippen molar-refractivity contribution in [2.24, 2.45) is 5.92 Å². The van der Waals surface area contributed by atoms with Gasteiger partial charge in [-0.15, -0.1) is 0 Å². The van der Waals surface area contributed by atoms with Gasteiger partial charge in [-0.3, -0.25) is 0 Å². The van der Waals surface area contributed by atoms with E-state index in [4.69, 9.17) is 4.74 Å². The van der Waals surface area contributed by atoms with Crippen LogP contribution in [0.25, 0.3) is 0 Å². The second kappa shape index (κ2) is 7.18. The van der Waals surface area contributed by atoms with Crippen LogP contribution < -0.4 is 10.2 Å². The zero-order chi connectivity index (χ0) is 14.5. The Hall–Kier alpha value is -1.20. The second-order valence-electron chi connectivity index (χ2n) is 6.13. The van der Waals surface area contributed by atoms with Crippen molar-refractivity contribution >= 4 is 5.82 Å². The number of aromatic nitrogens is 2. The van der Waals surface area contributed by atoms with Gasteiger partial charge in [0.25, 0.3) is 0 Å². The van der Waals surface area contributed by atoms with Crippen molar-refractivity contribution in [2.45, 2.75) is 32.1 Å². The molecule has 0 radical (unpaired) electrons. The van der Waals surface area contributed by atoms with Crippen molar-refractivity contribution in [3.8, 4) is 0 Å². The molecule has 1 aromatic heterocycles. The zero-order valence-electron chi connectivity index (χ0n) is 13.0.